The van der Waals surface area contributed by atoms with Gasteiger partial charge in [-0.15, -0.1) is 22.7 Å². The molecule has 2 amide bonds. The van der Waals surface area contributed by atoms with Crippen LogP contribution in [0.2, 0.25) is 0 Å². The fraction of sp³-hybridized carbons (Fsp3) is 0.250. The summed E-state index contributed by atoms with van der Waals surface area (Å²) >= 11 is 2.81. The number of likely N-dealkylation sites (tertiary alicyclic amines) is 1. The van der Waals surface area contributed by atoms with E-state index in [9.17, 15) is 9.59 Å². The number of nitrogens with one attached hydrogen (secondary N) is 2. The van der Waals surface area contributed by atoms with E-state index < -0.39 is 0 Å². The number of anilines is 2. The fourth-order valence-corrected chi connectivity index (χ4v) is 4.43. The number of amides is 2. The van der Waals surface area contributed by atoms with Gasteiger partial charge in [0.25, 0.3) is 11.8 Å². The summed E-state index contributed by atoms with van der Waals surface area (Å²) in [4.78, 5) is 32.3. The molecule has 1 aliphatic heterocycles. The third kappa shape index (κ3) is 4.64. The van der Waals surface area contributed by atoms with Gasteiger partial charge in [0.1, 0.15) is 0 Å². The molecule has 0 unspecified atom stereocenters. The summed E-state index contributed by atoms with van der Waals surface area (Å²) < 4.78 is 0. The molecule has 2 N–H and O–H groups in total. The molecule has 8 heteroatoms. The average Bonchev–Trinajstić information content (AvgIpc) is 3.45. The van der Waals surface area contributed by atoms with Crippen molar-refractivity contribution < 1.29 is 9.59 Å². The van der Waals surface area contributed by atoms with Crippen LogP contribution >= 0.6 is 22.7 Å². The topological polar surface area (TPSA) is 74.3 Å². The first-order valence-corrected chi connectivity index (χ1v) is 10.9. The minimum absolute atomic E-state index is 0.181. The zero-order valence-corrected chi connectivity index (χ0v) is 16.8. The lowest BCUT2D eigenvalue weighted by molar-refractivity contribution is 0.101. The smallest absolute Gasteiger partial charge is 0.265 e. The average molecular weight is 413 g/mol. The van der Waals surface area contributed by atoms with Crippen molar-refractivity contribution in [3.63, 3.8) is 0 Å². The van der Waals surface area contributed by atoms with Crippen LogP contribution in [0.25, 0.3) is 0 Å². The monoisotopic (exact) mass is 412 g/mol. The molecule has 1 fully saturated rings. The number of carbonyl (C=O) groups is 2. The van der Waals surface area contributed by atoms with Gasteiger partial charge in [-0.1, -0.05) is 12.1 Å². The van der Waals surface area contributed by atoms with E-state index in [4.69, 9.17) is 0 Å². The molecule has 144 valence electrons. The van der Waals surface area contributed by atoms with Gasteiger partial charge in [-0.2, -0.15) is 0 Å². The predicted octanol–water partition coefficient (Wildman–Crippen LogP) is 4.31. The second-order valence-electron chi connectivity index (χ2n) is 6.59. The summed E-state index contributed by atoms with van der Waals surface area (Å²) in [6, 6.07) is 10.5. The predicted molar refractivity (Wildman–Crippen MR) is 113 cm³/mol. The molecule has 28 heavy (non-hydrogen) atoms. The third-order valence-corrected chi connectivity index (χ3v) is 6.16. The van der Waals surface area contributed by atoms with Crippen LogP contribution in [0.4, 0.5) is 10.8 Å². The Morgan fingerprint density at radius 1 is 1.04 bits per heavy atom. The Morgan fingerprint density at radius 3 is 2.68 bits per heavy atom. The van der Waals surface area contributed by atoms with Gasteiger partial charge in [-0.3, -0.25) is 19.8 Å². The van der Waals surface area contributed by atoms with E-state index in [0.717, 1.165) is 25.3 Å². The number of rotatable bonds is 6. The number of carbonyl (C=O) groups excluding carboxylic acids is 2. The highest BCUT2D eigenvalue weighted by atomic mass is 32.1. The quantitative estimate of drug-likeness (QED) is 0.633. The van der Waals surface area contributed by atoms with Crippen LogP contribution in [0.15, 0.2) is 47.2 Å². The van der Waals surface area contributed by atoms with E-state index in [1.54, 1.807) is 30.3 Å². The van der Waals surface area contributed by atoms with Crippen molar-refractivity contribution in [2.75, 3.05) is 23.7 Å². The Morgan fingerprint density at radius 2 is 1.89 bits per heavy atom. The normalized spacial score (nSPS) is 14.1. The van der Waals surface area contributed by atoms with Gasteiger partial charge in [-0.25, -0.2) is 4.98 Å². The highest BCUT2D eigenvalue weighted by Gasteiger charge is 2.15. The van der Waals surface area contributed by atoms with Crippen molar-refractivity contribution >= 4 is 45.3 Å². The largest absolute Gasteiger partial charge is 0.321 e. The molecule has 0 bridgehead atoms. The van der Waals surface area contributed by atoms with Crippen LogP contribution in [-0.4, -0.2) is 34.8 Å². The number of hydrogen-bond acceptors (Lipinski definition) is 6. The molecule has 0 spiro atoms. The summed E-state index contributed by atoms with van der Waals surface area (Å²) in [5.74, 6) is -0.423. The third-order valence-electron chi connectivity index (χ3n) is 4.48. The minimum Gasteiger partial charge on any atom is -0.321 e. The Bertz CT molecular complexity index is 962. The molecule has 0 radical (unpaired) electrons. The Balaban J connectivity index is 1.38. The van der Waals surface area contributed by atoms with Gasteiger partial charge >= 0.3 is 0 Å². The zero-order valence-electron chi connectivity index (χ0n) is 15.2. The SMILES string of the molecule is O=C(Nc1nc(CN2CCCC2)cs1)c1cccc(NC(=O)c2cccs2)c1. The number of thiophene rings is 1. The van der Waals surface area contributed by atoms with Gasteiger partial charge in [0.05, 0.1) is 10.6 Å². The van der Waals surface area contributed by atoms with Gasteiger partial charge in [0.15, 0.2) is 5.13 Å². The maximum atomic E-state index is 12.6. The summed E-state index contributed by atoms with van der Waals surface area (Å²) in [6.45, 7) is 3.06. The second-order valence-corrected chi connectivity index (χ2v) is 8.40. The van der Waals surface area contributed by atoms with Crippen molar-refractivity contribution in [2.24, 2.45) is 0 Å². The fourth-order valence-electron chi connectivity index (χ4n) is 3.11. The number of nitrogens with zero attached hydrogens (tertiary/aromatic N) is 2. The molecular formula is C20H20N4O2S2. The van der Waals surface area contributed by atoms with Gasteiger partial charge in [0.2, 0.25) is 0 Å². The molecule has 6 nitrogen and oxygen atoms in total. The van der Waals surface area contributed by atoms with Crippen molar-refractivity contribution in [1.29, 1.82) is 0 Å². The maximum Gasteiger partial charge on any atom is 0.265 e. The molecule has 1 saturated heterocycles. The van der Waals surface area contributed by atoms with E-state index in [1.165, 1.54) is 35.5 Å². The first kappa shape index (κ1) is 18.8. The number of hydrogen-bond donors (Lipinski definition) is 2. The van der Waals surface area contributed by atoms with Crippen LogP contribution in [-0.2, 0) is 6.54 Å². The van der Waals surface area contributed by atoms with Crippen molar-refractivity contribution in [2.45, 2.75) is 19.4 Å². The Kier molecular flexibility index (Phi) is 5.80. The van der Waals surface area contributed by atoms with E-state index in [2.05, 4.69) is 20.5 Å². The Labute approximate surface area is 171 Å². The molecule has 1 aliphatic rings. The van der Waals surface area contributed by atoms with Crippen LogP contribution < -0.4 is 10.6 Å². The summed E-state index contributed by atoms with van der Waals surface area (Å²) in [5, 5.41) is 10.1. The molecule has 3 aromatic rings. The van der Waals surface area contributed by atoms with E-state index >= 15 is 0 Å². The van der Waals surface area contributed by atoms with Gasteiger partial charge in [0, 0.05) is 23.2 Å². The first-order valence-electron chi connectivity index (χ1n) is 9.10. The number of thiazole rings is 1. The molecule has 0 aliphatic carbocycles. The van der Waals surface area contributed by atoms with E-state index in [0.29, 0.717) is 21.3 Å². The molecule has 4 rings (SSSR count). The van der Waals surface area contributed by atoms with Crippen molar-refractivity contribution in [1.82, 2.24) is 9.88 Å². The lowest BCUT2D eigenvalue weighted by Crippen LogP contribution is -2.18. The lowest BCUT2D eigenvalue weighted by Gasteiger charge is -2.11. The summed E-state index contributed by atoms with van der Waals surface area (Å²) in [6.07, 6.45) is 2.49. The van der Waals surface area contributed by atoms with Crippen molar-refractivity contribution in [3.05, 3.63) is 63.3 Å². The number of aromatic nitrogens is 1. The maximum absolute atomic E-state index is 12.6. The molecule has 0 atom stereocenters. The first-order chi connectivity index (χ1) is 13.7. The minimum atomic E-state index is -0.241. The van der Waals surface area contributed by atoms with Gasteiger partial charge < -0.3 is 5.32 Å². The Hall–Kier alpha value is -2.55. The van der Waals surface area contributed by atoms with Crippen molar-refractivity contribution in [3.8, 4) is 0 Å². The lowest BCUT2D eigenvalue weighted by atomic mass is 10.2. The van der Waals surface area contributed by atoms with E-state index in [1.807, 2.05) is 16.8 Å². The standard InChI is InChI=1S/C20H20N4O2S2/c25-18(23-20-22-16(13-28-20)12-24-8-1-2-9-24)14-5-3-6-15(11-14)21-19(26)17-7-4-10-27-17/h3-7,10-11,13H,1-2,8-9,12H2,(H,21,26)(H,22,23,25). The van der Waals surface area contributed by atoms with Crippen LogP contribution in [0.3, 0.4) is 0 Å². The highest BCUT2D eigenvalue weighted by molar-refractivity contribution is 7.14. The van der Waals surface area contributed by atoms with Gasteiger partial charge in [-0.05, 0) is 55.6 Å². The summed E-state index contributed by atoms with van der Waals surface area (Å²) in [5.41, 5.74) is 2.04. The highest BCUT2D eigenvalue weighted by Crippen LogP contribution is 2.20. The van der Waals surface area contributed by atoms with Crippen LogP contribution in [0.1, 0.15) is 38.6 Å². The van der Waals surface area contributed by atoms with Crippen LogP contribution in [0.5, 0.6) is 0 Å². The summed E-state index contributed by atoms with van der Waals surface area (Å²) in [7, 11) is 0. The molecular weight excluding hydrogens is 392 g/mol. The zero-order chi connectivity index (χ0) is 19.3. The molecule has 2 aromatic heterocycles. The second kappa shape index (κ2) is 8.64. The van der Waals surface area contributed by atoms with Crippen LogP contribution in [0, 0.1) is 0 Å². The molecule has 3 heterocycles. The number of benzene rings is 1. The van der Waals surface area contributed by atoms with E-state index in [-0.39, 0.29) is 11.8 Å². The molecule has 1 aromatic carbocycles. The molecule has 0 saturated carbocycles.